The number of sulfone groups is 1. The van der Waals surface area contributed by atoms with Crippen LogP contribution in [0.5, 0.6) is 11.5 Å². The van der Waals surface area contributed by atoms with E-state index in [9.17, 15) is 13.2 Å². The van der Waals surface area contributed by atoms with Crippen LogP contribution in [0.2, 0.25) is 0 Å². The highest BCUT2D eigenvalue weighted by Gasteiger charge is 2.18. The summed E-state index contributed by atoms with van der Waals surface area (Å²) in [6.07, 6.45) is 0.394. The molecule has 3 aromatic rings. The van der Waals surface area contributed by atoms with Crippen molar-refractivity contribution in [2.45, 2.75) is 17.9 Å². The zero-order valence-electron chi connectivity index (χ0n) is 14.9. The molecule has 1 amide bonds. The van der Waals surface area contributed by atoms with Crippen molar-refractivity contribution in [2.75, 3.05) is 18.7 Å². The summed E-state index contributed by atoms with van der Waals surface area (Å²) in [5.74, 6) is 0.785. The summed E-state index contributed by atoms with van der Waals surface area (Å²) in [7, 11) is -1.75. The summed E-state index contributed by atoms with van der Waals surface area (Å²) < 4.78 is 34.8. The SMILES string of the molecule is COc1cccc(OC(C)C(=O)Nc2nc3ccc(S(C)(=O)=O)cc3s2)c1. The van der Waals surface area contributed by atoms with E-state index in [1.54, 1.807) is 50.4 Å². The van der Waals surface area contributed by atoms with Crippen molar-refractivity contribution in [1.29, 1.82) is 0 Å². The van der Waals surface area contributed by atoms with Gasteiger partial charge in [0, 0.05) is 12.3 Å². The van der Waals surface area contributed by atoms with Crippen molar-refractivity contribution < 1.29 is 22.7 Å². The first-order valence-corrected chi connectivity index (χ1v) is 10.7. The molecule has 1 atom stereocenters. The van der Waals surface area contributed by atoms with Crippen LogP contribution in [0.1, 0.15) is 6.92 Å². The number of carbonyl (C=O) groups excluding carboxylic acids is 1. The molecule has 9 heteroatoms. The largest absolute Gasteiger partial charge is 0.497 e. The number of carbonyl (C=O) groups is 1. The Bertz CT molecular complexity index is 1090. The molecule has 142 valence electrons. The molecule has 0 bridgehead atoms. The number of amides is 1. The molecule has 0 saturated carbocycles. The Morgan fingerprint density at radius 3 is 2.63 bits per heavy atom. The Balaban J connectivity index is 1.73. The van der Waals surface area contributed by atoms with E-state index in [4.69, 9.17) is 9.47 Å². The van der Waals surface area contributed by atoms with E-state index in [-0.39, 0.29) is 10.8 Å². The monoisotopic (exact) mass is 406 g/mol. The Labute approximate surface area is 160 Å². The summed E-state index contributed by atoms with van der Waals surface area (Å²) >= 11 is 1.20. The minimum atomic E-state index is -3.30. The second kappa shape index (κ2) is 7.53. The Morgan fingerprint density at radius 2 is 1.93 bits per heavy atom. The van der Waals surface area contributed by atoms with E-state index in [1.807, 2.05) is 0 Å². The number of thiazole rings is 1. The first kappa shape index (κ1) is 19.1. The number of aromatic nitrogens is 1. The predicted molar refractivity (Wildman–Crippen MR) is 104 cm³/mol. The molecule has 1 aromatic heterocycles. The topological polar surface area (TPSA) is 94.6 Å². The highest BCUT2D eigenvalue weighted by Crippen LogP contribution is 2.28. The third kappa shape index (κ3) is 4.55. The molecular weight excluding hydrogens is 388 g/mol. The minimum Gasteiger partial charge on any atom is -0.497 e. The van der Waals surface area contributed by atoms with Crippen LogP contribution in [-0.4, -0.2) is 38.8 Å². The second-order valence-corrected chi connectivity index (χ2v) is 8.90. The molecule has 1 heterocycles. The van der Waals surface area contributed by atoms with Gasteiger partial charge in [0.25, 0.3) is 5.91 Å². The van der Waals surface area contributed by atoms with Crippen molar-refractivity contribution in [1.82, 2.24) is 4.98 Å². The van der Waals surface area contributed by atoms with Crippen LogP contribution in [0.3, 0.4) is 0 Å². The maximum atomic E-state index is 12.4. The molecule has 27 heavy (non-hydrogen) atoms. The Morgan fingerprint density at radius 1 is 1.19 bits per heavy atom. The molecule has 0 fully saturated rings. The molecule has 0 radical (unpaired) electrons. The van der Waals surface area contributed by atoms with Crippen molar-refractivity contribution >= 4 is 42.4 Å². The van der Waals surface area contributed by atoms with Gasteiger partial charge in [-0.2, -0.15) is 0 Å². The van der Waals surface area contributed by atoms with E-state index < -0.39 is 15.9 Å². The minimum absolute atomic E-state index is 0.214. The smallest absolute Gasteiger partial charge is 0.266 e. The van der Waals surface area contributed by atoms with Crippen molar-refractivity contribution in [3.8, 4) is 11.5 Å². The zero-order valence-corrected chi connectivity index (χ0v) is 16.6. The Kier molecular flexibility index (Phi) is 5.33. The van der Waals surface area contributed by atoms with Gasteiger partial charge in [0.2, 0.25) is 0 Å². The second-order valence-electron chi connectivity index (χ2n) is 5.85. The van der Waals surface area contributed by atoms with E-state index in [0.29, 0.717) is 26.8 Å². The van der Waals surface area contributed by atoms with Crippen molar-refractivity contribution in [2.24, 2.45) is 0 Å². The number of ether oxygens (including phenoxy) is 2. The first-order chi connectivity index (χ1) is 12.8. The lowest BCUT2D eigenvalue weighted by molar-refractivity contribution is -0.122. The Hall–Kier alpha value is -2.65. The number of rotatable bonds is 6. The predicted octanol–water partition coefficient (Wildman–Crippen LogP) is 3.11. The molecule has 0 saturated heterocycles. The third-order valence-corrected chi connectivity index (χ3v) is 5.79. The van der Waals surface area contributed by atoms with Crippen LogP contribution in [0.15, 0.2) is 47.4 Å². The number of fused-ring (bicyclic) bond motifs is 1. The lowest BCUT2D eigenvalue weighted by Gasteiger charge is -2.14. The van der Waals surface area contributed by atoms with E-state index in [2.05, 4.69) is 10.3 Å². The van der Waals surface area contributed by atoms with Crippen LogP contribution in [0.4, 0.5) is 5.13 Å². The fraction of sp³-hybridized carbons (Fsp3) is 0.222. The molecule has 0 spiro atoms. The summed E-state index contributed by atoms with van der Waals surface area (Å²) in [5, 5.41) is 3.08. The van der Waals surface area contributed by atoms with Gasteiger partial charge >= 0.3 is 0 Å². The molecule has 0 aliphatic heterocycles. The van der Waals surface area contributed by atoms with Gasteiger partial charge in [0.15, 0.2) is 21.1 Å². The van der Waals surface area contributed by atoms with Crippen molar-refractivity contribution in [3.63, 3.8) is 0 Å². The molecule has 1 N–H and O–H groups in total. The third-order valence-electron chi connectivity index (χ3n) is 3.74. The van der Waals surface area contributed by atoms with Crippen LogP contribution < -0.4 is 14.8 Å². The number of nitrogens with one attached hydrogen (secondary N) is 1. The van der Waals surface area contributed by atoms with Gasteiger partial charge in [-0.1, -0.05) is 17.4 Å². The fourth-order valence-corrected chi connectivity index (χ4v) is 3.96. The molecule has 7 nitrogen and oxygen atoms in total. The van der Waals surface area contributed by atoms with E-state index in [1.165, 1.54) is 17.4 Å². The average molecular weight is 406 g/mol. The van der Waals surface area contributed by atoms with Gasteiger partial charge in [0.1, 0.15) is 11.5 Å². The number of hydrogen-bond donors (Lipinski definition) is 1. The lowest BCUT2D eigenvalue weighted by atomic mass is 10.3. The molecular formula is C18H18N2O5S2. The van der Waals surface area contributed by atoms with Gasteiger partial charge < -0.3 is 9.47 Å². The highest BCUT2D eigenvalue weighted by atomic mass is 32.2. The van der Waals surface area contributed by atoms with E-state index in [0.717, 1.165) is 6.26 Å². The quantitative estimate of drug-likeness (QED) is 0.676. The van der Waals surface area contributed by atoms with Gasteiger partial charge in [-0.25, -0.2) is 13.4 Å². The number of anilines is 1. The molecule has 2 aromatic carbocycles. The van der Waals surface area contributed by atoms with Crippen LogP contribution in [0, 0.1) is 0 Å². The molecule has 0 aliphatic carbocycles. The fourth-order valence-electron chi connectivity index (χ4n) is 2.33. The number of nitrogens with zero attached hydrogens (tertiary/aromatic N) is 1. The average Bonchev–Trinajstić information content (AvgIpc) is 3.02. The molecule has 1 unspecified atom stereocenters. The van der Waals surface area contributed by atoms with Gasteiger partial charge in [-0.15, -0.1) is 0 Å². The first-order valence-electron chi connectivity index (χ1n) is 7.98. The van der Waals surface area contributed by atoms with Crippen LogP contribution >= 0.6 is 11.3 Å². The van der Waals surface area contributed by atoms with Crippen molar-refractivity contribution in [3.05, 3.63) is 42.5 Å². The number of hydrogen-bond acceptors (Lipinski definition) is 7. The maximum Gasteiger partial charge on any atom is 0.266 e. The van der Waals surface area contributed by atoms with Gasteiger partial charge in [-0.05, 0) is 37.3 Å². The summed E-state index contributed by atoms with van der Waals surface area (Å²) in [4.78, 5) is 16.9. The zero-order chi connectivity index (χ0) is 19.6. The van der Waals surface area contributed by atoms with Gasteiger partial charge in [-0.3, -0.25) is 10.1 Å². The summed E-state index contributed by atoms with van der Waals surface area (Å²) in [6, 6.07) is 11.6. The standard InChI is InChI=1S/C18H18N2O5S2/c1-11(25-13-6-4-5-12(9-13)24-2)17(21)20-18-19-15-8-7-14(27(3,22)23)10-16(15)26-18/h4-11H,1-3H3,(H,19,20,21). The normalized spacial score (nSPS) is 12.6. The van der Waals surface area contributed by atoms with Crippen LogP contribution in [-0.2, 0) is 14.6 Å². The van der Waals surface area contributed by atoms with Gasteiger partial charge in [0.05, 0.1) is 22.2 Å². The molecule has 0 aliphatic rings. The highest BCUT2D eigenvalue weighted by molar-refractivity contribution is 7.90. The lowest BCUT2D eigenvalue weighted by Crippen LogP contribution is -2.30. The maximum absolute atomic E-state index is 12.4. The number of methoxy groups -OCH3 is 1. The van der Waals surface area contributed by atoms with E-state index >= 15 is 0 Å². The molecule has 3 rings (SSSR count). The summed E-state index contributed by atoms with van der Waals surface area (Å²) in [6.45, 7) is 1.63. The van der Waals surface area contributed by atoms with Crippen LogP contribution in [0.25, 0.3) is 10.2 Å². The summed E-state index contributed by atoms with van der Waals surface area (Å²) in [5.41, 5.74) is 0.615. The number of benzene rings is 2.